The van der Waals surface area contributed by atoms with E-state index in [9.17, 15) is 0 Å². The van der Waals surface area contributed by atoms with Crippen LogP contribution in [0.5, 0.6) is 0 Å². The summed E-state index contributed by atoms with van der Waals surface area (Å²) < 4.78 is 11.0. The summed E-state index contributed by atoms with van der Waals surface area (Å²) in [5.41, 5.74) is 1.00. The van der Waals surface area contributed by atoms with Gasteiger partial charge in [-0.3, -0.25) is 9.80 Å². The van der Waals surface area contributed by atoms with Gasteiger partial charge < -0.3 is 9.26 Å². The number of aromatic nitrogens is 2. The number of hydrogen-bond donors (Lipinski definition) is 0. The molecule has 0 radical (unpaired) electrons. The fraction of sp³-hybridized carbons (Fsp3) is 0.600. The van der Waals surface area contributed by atoms with Crippen LogP contribution >= 0.6 is 0 Å². The molecule has 0 spiro atoms. The van der Waals surface area contributed by atoms with E-state index >= 15 is 0 Å². The molecule has 0 N–H and O–H groups in total. The molecule has 6 heteroatoms. The fourth-order valence-electron chi connectivity index (χ4n) is 3.95. The Balaban J connectivity index is 1.35. The van der Waals surface area contributed by atoms with Crippen LogP contribution in [0, 0.1) is 0 Å². The smallest absolute Gasteiger partial charge is 0.241 e. The van der Waals surface area contributed by atoms with Gasteiger partial charge in [-0.2, -0.15) is 4.98 Å². The molecule has 0 aliphatic carbocycles. The monoisotopic (exact) mass is 356 g/mol. The standard InChI is InChI=1S/C20H28N4O2/c1-2-6-17(7-3-1)20-21-19(26-22-20)16-24-10-5-4-8-18(24)9-11-23-12-14-25-15-13-23/h1-3,6-7,18H,4-5,8-16H2/t18-/m1/s1. The van der Waals surface area contributed by atoms with Crippen LogP contribution in [-0.2, 0) is 11.3 Å². The van der Waals surface area contributed by atoms with E-state index in [2.05, 4.69) is 19.9 Å². The van der Waals surface area contributed by atoms with E-state index in [1.54, 1.807) is 0 Å². The van der Waals surface area contributed by atoms with Crippen molar-refractivity contribution in [3.05, 3.63) is 36.2 Å². The molecule has 3 heterocycles. The molecule has 6 nitrogen and oxygen atoms in total. The number of likely N-dealkylation sites (tertiary alicyclic amines) is 1. The highest BCUT2D eigenvalue weighted by molar-refractivity contribution is 5.53. The third-order valence-corrected chi connectivity index (χ3v) is 5.47. The second kappa shape index (κ2) is 8.75. The van der Waals surface area contributed by atoms with Gasteiger partial charge in [0, 0.05) is 24.7 Å². The molecular weight excluding hydrogens is 328 g/mol. The minimum absolute atomic E-state index is 0.610. The molecular formula is C20H28N4O2. The van der Waals surface area contributed by atoms with Crippen molar-refractivity contribution in [1.82, 2.24) is 19.9 Å². The molecule has 1 aromatic heterocycles. The van der Waals surface area contributed by atoms with Crippen molar-refractivity contribution < 1.29 is 9.26 Å². The SMILES string of the molecule is c1ccc(-c2noc(CN3CCCC[C@@H]3CCN3CCOCC3)n2)cc1. The van der Waals surface area contributed by atoms with Crippen molar-refractivity contribution in [1.29, 1.82) is 0 Å². The molecule has 26 heavy (non-hydrogen) atoms. The quantitative estimate of drug-likeness (QED) is 0.793. The summed E-state index contributed by atoms with van der Waals surface area (Å²) in [5, 5.41) is 4.16. The van der Waals surface area contributed by atoms with E-state index < -0.39 is 0 Å². The molecule has 1 aromatic carbocycles. The molecule has 4 rings (SSSR count). The van der Waals surface area contributed by atoms with Crippen LogP contribution in [0.1, 0.15) is 31.6 Å². The van der Waals surface area contributed by atoms with Crippen molar-refractivity contribution in [2.75, 3.05) is 39.4 Å². The summed E-state index contributed by atoms with van der Waals surface area (Å²) in [6.45, 7) is 6.92. The van der Waals surface area contributed by atoms with E-state index in [0.717, 1.165) is 57.4 Å². The zero-order valence-electron chi connectivity index (χ0n) is 15.3. The first kappa shape index (κ1) is 17.6. The van der Waals surface area contributed by atoms with Gasteiger partial charge in [-0.05, 0) is 32.4 Å². The molecule has 0 bridgehead atoms. The average Bonchev–Trinajstić information content (AvgIpc) is 3.17. The number of piperidine rings is 1. The van der Waals surface area contributed by atoms with Crippen LogP contribution < -0.4 is 0 Å². The van der Waals surface area contributed by atoms with E-state index in [0.29, 0.717) is 11.9 Å². The lowest BCUT2D eigenvalue weighted by Gasteiger charge is -2.36. The lowest BCUT2D eigenvalue weighted by Crippen LogP contribution is -2.43. The minimum Gasteiger partial charge on any atom is -0.379 e. The first-order chi connectivity index (χ1) is 12.9. The second-order valence-electron chi connectivity index (χ2n) is 7.24. The van der Waals surface area contributed by atoms with Crippen molar-refractivity contribution in [2.24, 2.45) is 0 Å². The molecule has 0 amide bonds. The molecule has 2 aromatic rings. The molecule has 140 valence electrons. The van der Waals surface area contributed by atoms with Gasteiger partial charge in [-0.25, -0.2) is 0 Å². The van der Waals surface area contributed by atoms with Gasteiger partial charge in [0.05, 0.1) is 19.8 Å². The van der Waals surface area contributed by atoms with Crippen molar-refractivity contribution in [2.45, 2.75) is 38.3 Å². The normalized spacial score (nSPS) is 22.5. The van der Waals surface area contributed by atoms with E-state index in [1.807, 2.05) is 30.3 Å². The maximum absolute atomic E-state index is 5.53. The number of nitrogens with zero attached hydrogens (tertiary/aromatic N) is 4. The molecule has 0 unspecified atom stereocenters. The lowest BCUT2D eigenvalue weighted by atomic mass is 9.99. The van der Waals surface area contributed by atoms with Crippen LogP contribution in [0.3, 0.4) is 0 Å². The Bertz CT molecular complexity index is 669. The summed E-state index contributed by atoms with van der Waals surface area (Å²) in [4.78, 5) is 9.67. The highest BCUT2D eigenvalue weighted by atomic mass is 16.5. The third-order valence-electron chi connectivity index (χ3n) is 5.47. The maximum atomic E-state index is 5.53. The highest BCUT2D eigenvalue weighted by Gasteiger charge is 2.25. The van der Waals surface area contributed by atoms with Crippen LogP contribution in [-0.4, -0.2) is 65.4 Å². The van der Waals surface area contributed by atoms with Crippen molar-refractivity contribution in [3.8, 4) is 11.4 Å². The molecule has 2 aliphatic heterocycles. The maximum Gasteiger partial charge on any atom is 0.241 e. The molecule has 0 saturated carbocycles. The first-order valence-corrected chi connectivity index (χ1v) is 9.80. The van der Waals surface area contributed by atoms with E-state index in [-0.39, 0.29) is 0 Å². The van der Waals surface area contributed by atoms with Crippen LogP contribution in [0.15, 0.2) is 34.9 Å². The minimum atomic E-state index is 0.610. The number of morpholine rings is 1. The predicted octanol–water partition coefficient (Wildman–Crippen LogP) is 2.81. The summed E-state index contributed by atoms with van der Waals surface area (Å²) in [6, 6.07) is 10.6. The topological polar surface area (TPSA) is 54.6 Å². The Morgan fingerprint density at radius 2 is 1.88 bits per heavy atom. The van der Waals surface area contributed by atoms with Crippen LogP contribution in [0.4, 0.5) is 0 Å². The number of benzene rings is 1. The van der Waals surface area contributed by atoms with Gasteiger partial charge in [0.25, 0.3) is 0 Å². The Morgan fingerprint density at radius 3 is 2.73 bits per heavy atom. The number of hydrogen-bond acceptors (Lipinski definition) is 6. The highest BCUT2D eigenvalue weighted by Crippen LogP contribution is 2.23. The van der Waals surface area contributed by atoms with Gasteiger partial charge in [-0.15, -0.1) is 0 Å². The lowest BCUT2D eigenvalue weighted by molar-refractivity contribution is 0.0294. The number of rotatable bonds is 6. The number of ether oxygens (including phenoxy) is 1. The van der Waals surface area contributed by atoms with Crippen molar-refractivity contribution in [3.63, 3.8) is 0 Å². The Labute approximate surface area is 155 Å². The molecule has 1 atom stereocenters. The average molecular weight is 356 g/mol. The summed E-state index contributed by atoms with van der Waals surface area (Å²) in [7, 11) is 0. The fourth-order valence-corrected chi connectivity index (χ4v) is 3.95. The molecule has 2 saturated heterocycles. The summed E-state index contributed by atoms with van der Waals surface area (Å²) in [5.74, 6) is 1.41. The molecule has 2 aliphatic rings. The Morgan fingerprint density at radius 1 is 1.04 bits per heavy atom. The second-order valence-corrected chi connectivity index (χ2v) is 7.24. The van der Waals surface area contributed by atoms with Gasteiger partial charge in [0.1, 0.15) is 0 Å². The van der Waals surface area contributed by atoms with Gasteiger partial charge in [0.2, 0.25) is 11.7 Å². The zero-order chi connectivity index (χ0) is 17.6. The summed E-state index contributed by atoms with van der Waals surface area (Å²) >= 11 is 0. The third kappa shape index (κ3) is 4.50. The zero-order valence-corrected chi connectivity index (χ0v) is 15.3. The van der Waals surface area contributed by atoms with Crippen LogP contribution in [0.2, 0.25) is 0 Å². The van der Waals surface area contributed by atoms with Gasteiger partial charge in [0.15, 0.2) is 0 Å². The van der Waals surface area contributed by atoms with Gasteiger partial charge in [-0.1, -0.05) is 41.9 Å². The van der Waals surface area contributed by atoms with Crippen LogP contribution in [0.25, 0.3) is 11.4 Å². The predicted molar refractivity (Wildman–Crippen MR) is 99.7 cm³/mol. The van der Waals surface area contributed by atoms with Crippen molar-refractivity contribution >= 4 is 0 Å². The first-order valence-electron chi connectivity index (χ1n) is 9.80. The largest absolute Gasteiger partial charge is 0.379 e. The van der Waals surface area contributed by atoms with Gasteiger partial charge >= 0.3 is 0 Å². The van der Waals surface area contributed by atoms with E-state index in [4.69, 9.17) is 9.26 Å². The Kier molecular flexibility index (Phi) is 5.94. The van der Waals surface area contributed by atoms with E-state index in [1.165, 1.54) is 25.7 Å². The Hall–Kier alpha value is -1.76. The molecule has 2 fully saturated rings. The summed E-state index contributed by atoms with van der Waals surface area (Å²) in [6.07, 6.45) is 5.06.